The number of thioether (sulfide) groups is 1. The third-order valence-electron chi connectivity index (χ3n) is 2.53. The lowest BCUT2D eigenvalue weighted by molar-refractivity contribution is -0.112. The first-order chi connectivity index (χ1) is 8.13. The molecule has 2 rings (SSSR count). The van der Waals surface area contributed by atoms with Gasteiger partial charge in [0.2, 0.25) is 0 Å². The fourth-order valence-electron chi connectivity index (χ4n) is 1.58. The number of carbonyl (C=O) groups excluding carboxylic acids is 2. The minimum Gasteiger partial charge on any atom is -0.318 e. The smallest absolute Gasteiger partial charge is 0.296 e. The van der Waals surface area contributed by atoms with E-state index in [9.17, 15) is 9.59 Å². The van der Waals surface area contributed by atoms with Gasteiger partial charge in [0.1, 0.15) is 0 Å². The maximum absolute atomic E-state index is 11.4. The molecule has 0 fully saturated rings. The molecule has 90 valence electrons. The van der Waals surface area contributed by atoms with Gasteiger partial charge in [0, 0.05) is 4.90 Å². The standard InChI is InChI=1S/C12H12ClNO2S/c1-2-3-4-17-10-6-9-7(5-8(10)13)11(15)12(16)14-9/h5-6H,2-4H2,1H3,(H,14,15,16). The van der Waals surface area contributed by atoms with Gasteiger partial charge in [-0.05, 0) is 24.3 Å². The van der Waals surface area contributed by atoms with Crippen LogP contribution in [0.25, 0.3) is 0 Å². The molecule has 17 heavy (non-hydrogen) atoms. The molecule has 0 atom stereocenters. The van der Waals surface area contributed by atoms with Crippen LogP contribution in [0.3, 0.4) is 0 Å². The van der Waals surface area contributed by atoms with E-state index >= 15 is 0 Å². The number of halogens is 1. The first kappa shape index (κ1) is 12.5. The largest absolute Gasteiger partial charge is 0.318 e. The third-order valence-corrected chi connectivity index (χ3v) is 4.09. The summed E-state index contributed by atoms with van der Waals surface area (Å²) < 4.78 is 0. The van der Waals surface area contributed by atoms with E-state index in [0.717, 1.165) is 23.5 Å². The van der Waals surface area contributed by atoms with Crippen molar-refractivity contribution in [2.24, 2.45) is 0 Å². The van der Waals surface area contributed by atoms with Gasteiger partial charge in [0.05, 0.1) is 16.3 Å². The van der Waals surface area contributed by atoms with Gasteiger partial charge in [0.25, 0.3) is 11.7 Å². The topological polar surface area (TPSA) is 46.2 Å². The van der Waals surface area contributed by atoms with E-state index in [-0.39, 0.29) is 0 Å². The van der Waals surface area contributed by atoms with Crippen LogP contribution >= 0.6 is 23.4 Å². The van der Waals surface area contributed by atoms with E-state index in [1.165, 1.54) is 0 Å². The number of fused-ring (bicyclic) bond motifs is 1. The number of amides is 1. The summed E-state index contributed by atoms with van der Waals surface area (Å²) in [6.45, 7) is 2.13. The van der Waals surface area contributed by atoms with Crippen LogP contribution in [0.5, 0.6) is 0 Å². The number of benzene rings is 1. The fourth-order valence-corrected chi connectivity index (χ4v) is 2.96. The Kier molecular flexibility index (Phi) is 3.74. The minimum absolute atomic E-state index is 0.375. The minimum atomic E-state index is -0.577. The number of anilines is 1. The van der Waals surface area contributed by atoms with Crippen LogP contribution in [0.4, 0.5) is 5.69 Å². The van der Waals surface area contributed by atoms with Gasteiger partial charge >= 0.3 is 0 Å². The monoisotopic (exact) mass is 269 g/mol. The second kappa shape index (κ2) is 5.10. The van der Waals surface area contributed by atoms with Crippen molar-refractivity contribution in [1.29, 1.82) is 0 Å². The van der Waals surface area contributed by atoms with Crippen molar-refractivity contribution in [3.8, 4) is 0 Å². The first-order valence-electron chi connectivity index (χ1n) is 5.45. The van der Waals surface area contributed by atoms with Gasteiger partial charge in [-0.25, -0.2) is 0 Å². The summed E-state index contributed by atoms with van der Waals surface area (Å²) in [5.74, 6) is -0.101. The molecule has 5 heteroatoms. The van der Waals surface area contributed by atoms with E-state index in [1.807, 2.05) is 0 Å². The molecule has 1 aliphatic heterocycles. The molecule has 1 N–H and O–H groups in total. The number of Topliss-reactive ketones (excluding diaryl/α,β-unsaturated/α-hetero) is 1. The van der Waals surface area contributed by atoms with Gasteiger partial charge in [-0.1, -0.05) is 24.9 Å². The number of hydrogen-bond acceptors (Lipinski definition) is 3. The lowest BCUT2D eigenvalue weighted by atomic mass is 10.1. The van der Waals surface area contributed by atoms with Gasteiger partial charge in [0.15, 0.2) is 0 Å². The Morgan fingerprint density at radius 3 is 2.82 bits per heavy atom. The Bertz CT molecular complexity index is 488. The summed E-state index contributed by atoms with van der Waals surface area (Å²) in [6, 6.07) is 3.35. The quantitative estimate of drug-likeness (QED) is 0.518. The Morgan fingerprint density at radius 2 is 2.12 bits per heavy atom. The number of hydrogen-bond donors (Lipinski definition) is 1. The summed E-state index contributed by atoms with van der Waals surface area (Å²) >= 11 is 7.73. The summed E-state index contributed by atoms with van der Waals surface area (Å²) in [7, 11) is 0. The molecule has 0 saturated carbocycles. The molecule has 0 bridgehead atoms. The van der Waals surface area contributed by atoms with Gasteiger partial charge < -0.3 is 5.32 Å². The maximum Gasteiger partial charge on any atom is 0.296 e. The fraction of sp³-hybridized carbons (Fsp3) is 0.333. The number of rotatable bonds is 4. The molecular weight excluding hydrogens is 258 g/mol. The molecule has 0 spiro atoms. The zero-order valence-corrected chi connectivity index (χ0v) is 11.0. The molecule has 0 aromatic heterocycles. The number of ketones is 1. The zero-order chi connectivity index (χ0) is 12.4. The molecule has 0 saturated heterocycles. The Morgan fingerprint density at radius 1 is 1.35 bits per heavy atom. The summed E-state index contributed by atoms with van der Waals surface area (Å²) in [6.07, 6.45) is 2.24. The molecule has 0 radical (unpaired) electrons. The van der Waals surface area contributed by atoms with Crippen molar-refractivity contribution < 1.29 is 9.59 Å². The van der Waals surface area contributed by atoms with E-state index in [2.05, 4.69) is 12.2 Å². The molecule has 1 heterocycles. The van der Waals surface area contributed by atoms with Gasteiger partial charge in [-0.2, -0.15) is 0 Å². The Labute approximate surface area is 109 Å². The lowest BCUT2D eigenvalue weighted by Crippen LogP contribution is -2.12. The molecule has 0 unspecified atom stereocenters. The summed E-state index contributed by atoms with van der Waals surface area (Å²) in [4.78, 5) is 23.6. The van der Waals surface area contributed by atoms with Crippen molar-refractivity contribution in [1.82, 2.24) is 0 Å². The molecular formula is C12H12ClNO2S. The van der Waals surface area contributed by atoms with Crippen LogP contribution in [0.1, 0.15) is 30.1 Å². The molecule has 1 aromatic carbocycles. The molecule has 0 aliphatic carbocycles. The van der Waals surface area contributed by atoms with E-state index in [0.29, 0.717) is 16.3 Å². The number of unbranched alkanes of at least 4 members (excludes halogenated alkanes) is 1. The van der Waals surface area contributed by atoms with Crippen LogP contribution in [-0.2, 0) is 4.79 Å². The summed E-state index contributed by atoms with van der Waals surface area (Å²) in [5, 5.41) is 3.08. The number of carbonyl (C=O) groups is 2. The Balaban J connectivity index is 2.24. The highest BCUT2D eigenvalue weighted by Crippen LogP contribution is 2.35. The van der Waals surface area contributed by atoms with Crippen LogP contribution < -0.4 is 5.32 Å². The van der Waals surface area contributed by atoms with Crippen LogP contribution in [0, 0.1) is 0 Å². The summed E-state index contributed by atoms with van der Waals surface area (Å²) in [5.41, 5.74) is 0.947. The molecule has 1 amide bonds. The highest BCUT2D eigenvalue weighted by Gasteiger charge is 2.28. The van der Waals surface area contributed by atoms with Crippen molar-refractivity contribution >= 4 is 40.7 Å². The zero-order valence-electron chi connectivity index (χ0n) is 9.38. The van der Waals surface area contributed by atoms with Crippen molar-refractivity contribution in [3.63, 3.8) is 0 Å². The second-order valence-electron chi connectivity index (χ2n) is 3.81. The van der Waals surface area contributed by atoms with E-state index < -0.39 is 11.7 Å². The van der Waals surface area contributed by atoms with Gasteiger partial charge in [-0.15, -0.1) is 11.8 Å². The maximum atomic E-state index is 11.4. The van der Waals surface area contributed by atoms with E-state index in [1.54, 1.807) is 23.9 Å². The second-order valence-corrected chi connectivity index (χ2v) is 5.36. The average Bonchev–Trinajstić information content (AvgIpc) is 2.56. The predicted molar refractivity (Wildman–Crippen MR) is 70.0 cm³/mol. The van der Waals surface area contributed by atoms with Crippen molar-refractivity contribution in [3.05, 3.63) is 22.7 Å². The molecule has 1 aromatic rings. The van der Waals surface area contributed by atoms with Gasteiger partial charge in [-0.3, -0.25) is 9.59 Å². The van der Waals surface area contributed by atoms with Crippen LogP contribution in [0.2, 0.25) is 5.02 Å². The Hall–Kier alpha value is -1.00. The molecule has 1 aliphatic rings. The predicted octanol–water partition coefficient (Wildman–Crippen LogP) is 3.37. The van der Waals surface area contributed by atoms with Crippen molar-refractivity contribution in [2.75, 3.05) is 11.1 Å². The number of nitrogens with one attached hydrogen (secondary N) is 1. The average molecular weight is 270 g/mol. The van der Waals surface area contributed by atoms with Crippen molar-refractivity contribution in [2.45, 2.75) is 24.7 Å². The highest BCUT2D eigenvalue weighted by atomic mass is 35.5. The highest BCUT2D eigenvalue weighted by molar-refractivity contribution is 7.99. The van der Waals surface area contributed by atoms with Crippen LogP contribution in [0.15, 0.2) is 17.0 Å². The van der Waals surface area contributed by atoms with E-state index in [4.69, 9.17) is 11.6 Å². The SMILES string of the molecule is CCCCSc1cc2c(cc1Cl)C(=O)C(=O)N2. The lowest BCUT2D eigenvalue weighted by Gasteiger charge is -2.06. The third kappa shape index (κ3) is 2.48. The molecule has 3 nitrogen and oxygen atoms in total. The normalized spacial score (nSPS) is 13.8. The first-order valence-corrected chi connectivity index (χ1v) is 6.82. The van der Waals surface area contributed by atoms with Crippen LogP contribution in [-0.4, -0.2) is 17.4 Å².